The number of rotatable bonds is 4. The quantitative estimate of drug-likeness (QED) is 0.671. The summed E-state index contributed by atoms with van der Waals surface area (Å²) in [6.45, 7) is 0. The summed E-state index contributed by atoms with van der Waals surface area (Å²) in [5, 5.41) is 2.99. The fourth-order valence-electron chi connectivity index (χ4n) is 1.40. The fourth-order valence-corrected chi connectivity index (χ4v) is 2.11. The van der Waals surface area contributed by atoms with Gasteiger partial charge in [0.15, 0.2) is 5.13 Å². The lowest BCUT2D eigenvalue weighted by atomic mass is 10.1. The minimum Gasteiger partial charge on any atom is -0.399 e. The molecule has 1 heterocycles. The number of anilines is 2. The van der Waals surface area contributed by atoms with Crippen molar-refractivity contribution >= 4 is 28.1 Å². The summed E-state index contributed by atoms with van der Waals surface area (Å²) in [4.78, 5) is 15.0. The number of thiazole rings is 1. The van der Waals surface area contributed by atoms with Gasteiger partial charge < -0.3 is 5.73 Å². The van der Waals surface area contributed by atoms with Gasteiger partial charge in [0, 0.05) is 16.6 Å². The standard InChI is InChI=1S/C12H9F4N3OS/c13-9(14)12(15,16)10(20)19-11-18-8(5-21-11)6-1-3-7(17)4-2-6/h1-5,9H,17H2,(H,18,19,20). The predicted octanol–water partition coefficient (Wildman–Crippen LogP) is 3.23. The van der Waals surface area contributed by atoms with Gasteiger partial charge in [-0.25, -0.2) is 13.8 Å². The Labute approximate surface area is 120 Å². The van der Waals surface area contributed by atoms with E-state index in [4.69, 9.17) is 5.73 Å². The Morgan fingerprint density at radius 2 is 1.90 bits per heavy atom. The third kappa shape index (κ3) is 3.30. The van der Waals surface area contributed by atoms with E-state index in [0.29, 0.717) is 16.9 Å². The molecule has 3 N–H and O–H groups in total. The molecule has 2 rings (SSSR count). The van der Waals surface area contributed by atoms with Crippen LogP contribution < -0.4 is 11.1 Å². The number of nitrogens with two attached hydrogens (primary N) is 1. The summed E-state index contributed by atoms with van der Waals surface area (Å²) in [7, 11) is 0. The smallest absolute Gasteiger partial charge is 0.383 e. The molecule has 0 bridgehead atoms. The lowest BCUT2D eigenvalue weighted by Gasteiger charge is -2.13. The van der Waals surface area contributed by atoms with Gasteiger partial charge in [-0.15, -0.1) is 11.3 Å². The number of benzene rings is 1. The van der Waals surface area contributed by atoms with Crippen LogP contribution in [0.4, 0.5) is 28.4 Å². The van der Waals surface area contributed by atoms with Gasteiger partial charge in [-0.05, 0) is 12.1 Å². The third-order valence-corrected chi connectivity index (χ3v) is 3.27. The molecule has 0 unspecified atom stereocenters. The van der Waals surface area contributed by atoms with Crippen molar-refractivity contribution in [2.75, 3.05) is 11.1 Å². The summed E-state index contributed by atoms with van der Waals surface area (Å²) in [6.07, 6.45) is -4.07. The van der Waals surface area contributed by atoms with Crippen LogP contribution in [-0.4, -0.2) is 23.2 Å². The molecule has 0 saturated carbocycles. The number of amides is 1. The molecular weight excluding hydrogens is 310 g/mol. The van der Waals surface area contributed by atoms with Crippen molar-refractivity contribution in [3.8, 4) is 11.3 Å². The lowest BCUT2D eigenvalue weighted by molar-refractivity contribution is -0.163. The van der Waals surface area contributed by atoms with Crippen molar-refractivity contribution in [1.82, 2.24) is 4.98 Å². The van der Waals surface area contributed by atoms with Gasteiger partial charge in [0.25, 0.3) is 0 Å². The Bertz CT molecular complexity index is 642. The number of alkyl halides is 4. The van der Waals surface area contributed by atoms with Crippen LogP contribution >= 0.6 is 11.3 Å². The molecular formula is C12H9F4N3OS. The first-order chi connectivity index (χ1) is 9.80. The molecule has 0 aliphatic heterocycles. The topological polar surface area (TPSA) is 68.0 Å². The van der Waals surface area contributed by atoms with Crippen LogP contribution in [0.2, 0.25) is 0 Å². The molecule has 1 aromatic heterocycles. The number of carbonyl (C=O) groups excluding carboxylic acids is 1. The van der Waals surface area contributed by atoms with Crippen LogP contribution in [0.5, 0.6) is 0 Å². The second-order valence-corrected chi connectivity index (χ2v) is 4.90. The molecule has 4 nitrogen and oxygen atoms in total. The Kier molecular flexibility index (Phi) is 4.12. The molecule has 1 amide bonds. The monoisotopic (exact) mass is 319 g/mol. The highest BCUT2D eigenvalue weighted by Crippen LogP contribution is 2.28. The van der Waals surface area contributed by atoms with E-state index < -0.39 is 18.3 Å². The number of hydrogen-bond donors (Lipinski definition) is 2. The second-order valence-electron chi connectivity index (χ2n) is 4.04. The fraction of sp³-hybridized carbons (Fsp3) is 0.167. The molecule has 112 valence electrons. The summed E-state index contributed by atoms with van der Waals surface area (Å²) in [5.41, 5.74) is 7.13. The molecule has 0 saturated heterocycles. The minimum atomic E-state index is -4.76. The van der Waals surface area contributed by atoms with Crippen LogP contribution in [-0.2, 0) is 4.79 Å². The number of nitrogens with one attached hydrogen (secondary N) is 1. The first-order valence-corrected chi connectivity index (χ1v) is 6.47. The molecule has 0 radical (unpaired) electrons. The Morgan fingerprint density at radius 3 is 2.48 bits per heavy atom. The maximum absolute atomic E-state index is 12.8. The largest absolute Gasteiger partial charge is 0.399 e. The van der Waals surface area contributed by atoms with Crippen LogP contribution in [0.3, 0.4) is 0 Å². The third-order valence-electron chi connectivity index (χ3n) is 2.51. The van der Waals surface area contributed by atoms with E-state index in [1.54, 1.807) is 29.6 Å². The van der Waals surface area contributed by atoms with Gasteiger partial charge in [-0.1, -0.05) is 12.1 Å². The molecule has 0 atom stereocenters. The number of carbonyl (C=O) groups is 1. The van der Waals surface area contributed by atoms with E-state index in [0.717, 1.165) is 11.3 Å². The van der Waals surface area contributed by atoms with E-state index in [2.05, 4.69) is 4.98 Å². The Hall–Kier alpha value is -2.16. The van der Waals surface area contributed by atoms with Crippen molar-refractivity contribution < 1.29 is 22.4 Å². The van der Waals surface area contributed by atoms with Gasteiger partial charge in [0.05, 0.1) is 5.69 Å². The molecule has 0 spiro atoms. The molecule has 2 aromatic rings. The zero-order valence-electron chi connectivity index (χ0n) is 10.3. The minimum absolute atomic E-state index is 0.188. The first kappa shape index (κ1) is 15.2. The molecule has 0 fully saturated rings. The number of halogens is 4. The normalized spacial score (nSPS) is 11.7. The number of nitrogen functional groups attached to an aromatic ring is 1. The molecule has 1 aromatic carbocycles. The maximum Gasteiger partial charge on any atom is 0.383 e. The molecule has 21 heavy (non-hydrogen) atoms. The second kappa shape index (κ2) is 5.68. The summed E-state index contributed by atoms with van der Waals surface area (Å²) < 4.78 is 49.7. The van der Waals surface area contributed by atoms with Crippen LogP contribution in [0.1, 0.15) is 0 Å². The maximum atomic E-state index is 12.8. The van der Waals surface area contributed by atoms with Gasteiger partial charge >= 0.3 is 18.3 Å². The summed E-state index contributed by atoms with van der Waals surface area (Å²) >= 11 is 0.852. The zero-order valence-corrected chi connectivity index (χ0v) is 11.1. The predicted molar refractivity (Wildman–Crippen MR) is 71.5 cm³/mol. The lowest BCUT2D eigenvalue weighted by Crippen LogP contribution is -2.40. The molecule has 0 aliphatic carbocycles. The SMILES string of the molecule is Nc1ccc(-c2csc(NC(=O)C(F)(F)C(F)F)n2)cc1. The van der Waals surface area contributed by atoms with Gasteiger partial charge in [-0.2, -0.15) is 8.78 Å². The Balaban J connectivity index is 2.14. The number of nitrogens with zero attached hydrogens (tertiary/aromatic N) is 1. The van der Waals surface area contributed by atoms with Gasteiger partial charge in [0.1, 0.15) is 0 Å². The molecule has 9 heteroatoms. The summed E-state index contributed by atoms with van der Waals surface area (Å²) in [6, 6.07) is 6.56. The average Bonchev–Trinajstić information content (AvgIpc) is 2.87. The molecule has 0 aliphatic rings. The summed E-state index contributed by atoms with van der Waals surface area (Å²) in [5.74, 6) is -6.84. The Morgan fingerprint density at radius 1 is 1.29 bits per heavy atom. The number of hydrogen-bond acceptors (Lipinski definition) is 4. The average molecular weight is 319 g/mol. The highest BCUT2D eigenvalue weighted by atomic mass is 32.1. The van der Waals surface area contributed by atoms with Gasteiger partial charge in [-0.3, -0.25) is 10.1 Å². The highest BCUT2D eigenvalue weighted by Gasteiger charge is 2.49. The van der Waals surface area contributed by atoms with Crippen LogP contribution in [0.25, 0.3) is 11.3 Å². The van der Waals surface area contributed by atoms with E-state index in [-0.39, 0.29) is 5.13 Å². The van der Waals surface area contributed by atoms with Gasteiger partial charge in [0.2, 0.25) is 0 Å². The van der Waals surface area contributed by atoms with Crippen molar-refractivity contribution in [2.24, 2.45) is 0 Å². The van der Waals surface area contributed by atoms with E-state index in [9.17, 15) is 22.4 Å². The van der Waals surface area contributed by atoms with E-state index in [1.807, 2.05) is 0 Å². The highest BCUT2D eigenvalue weighted by molar-refractivity contribution is 7.14. The van der Waals surface area contributed by atoms with E-state index in [1.165, 1.54) is 5.38 Å². The zero-order chi connectivity index (χ0) is 15.6. The van der Waals surface area contributed by atoms with Crippen LogP contribution in [0.15, 0.2) is 29.6 Å². The van der Waals surface area contributed by atoms with Crippen molar-refractivity contribution in [3.05, 3.63) is 29.6 Å². The van der Waals surface area contributed by atoms with Crippen molar-refractivity contribution in [1.29, 1.82) is 0 Å². The van der Waals surface area contributed by atoms with Crippen LogP contribution in [0, 0.1) is 0 Å². The van der Waals surface area contributed by atoms with E-state index >= 15 is 0 Å². The first-order valence-electron chi connectivity index (χ1n) is 5.59. The van der Waals surface area contributed by atoms with Crippen molar-refractivity contribution in [2.45, 2.75) is 12.3 Å². The van der Waals surface area contributed by atoms with Crippen molar-refractivity contribution in [3.63, 3.8) is 0 Å². The number of aromatic nitrogens is 1.